The summed E-state index contributed by atoms with van der Waals surface area (Å²) in [6.07, 6.45) is 0.615. The summed E-state index contributed by atoms with van der Waals surface area (Å²) >= 11 is 0. The second-order valence-electron chi connectivity index (χ2n) is 8.12. The van der Waals surface area contributed by atoms with Gasteiger partial charge in [-0.15, -0.1) is 0 Å². The number of carbonyl (C=O) groups excluding carboxylic acids is 1. The van der Waals surface area contributed by atoms with Crippen molar-refractivity contribution in [3.05, 3.63) is 90.5 Å². The van der Waals surface area contributed by atoms with Crippen LogP contribution in [0.3, 0.4) is 0 Å². The number of hydrogen-bond donors (Lipinski definition) is 1. The minimum atomic E-state index is -3.97. The minimum absolute atomic E-state index is 0.110. The van der Waals surface area contributed by atoms with Crippen molar-refractivity contribution < 1.29 is 17.9 Å². The number of rotatable bonds is 9. The van der Waals surface area contributed by atoms with E-state index in [2.05, 4.69) is 5.32 Å². The minimum Gasteiger partial charge on any atom is -0.497 e. The monoisotopic (exact) mass is 452 g/mol. The summed E-state index contributed by atoms with van der Waals surface area (Å²) < 4.78 is 33.2. The molecule has 3 aromatic rings. The van der Waals surface area contributed by atoms with Crippen LogP contribution in [0.2, 0.25) is 0 Å². The molecule has 0 spiro atoms. The van der Waals surface area contributed by atoms with Gasteiger partial charge in [0.05, 0.1) is 17.7 Å². The van der Waals surface area contributed by atoms with Crippen molar-refractivity contribution in [2.24, 2.45) is 0 Å². The maximum Gasteiger partial charge on any atom is 0.264 e. The summed E-state index contributed by atoms with van der Waals surface area (Å²) in [4.78, 5) is 13.1. The molecule has 3 rings (SSSR count). The first-order valence-electron chi connectivity index (χ1n) is 10.3. The molecule has 0 saturated carbocycles. The number of carbonyl (C=O) groups is 1. The van der Waals surface area contributed by atoms with E-state index in [9.17, 15) is 13.2 Å². The lowest BCUT2D eigenvalue weighted by atomic mass is 9.95. The van der Waals surface area contributed by atoms with Crippen LogP contribution in [-0.2, 0) is 21.2 Å². The summed E-state index contributed by atoms with van der Waals surface area (Å²) in [6, 6.07) is 24.6. The van der Waals surface area contributed by atoms with Crippen molar-refractivity contribution in [3.63, 3.8) is 0 Å². The Morgan fingerprint density at radius 1 is 0.938 bits per heavy atom. The largest absolute Gasteiger partial charge is 0.497 e. The van der Waals surface area contributed by atoms with E-state index in [0.717, 1.165) is 9.87 Å². The number of benzene rings is 3. The van der Waals surface area contributed by atoms with Gasteiger partial charge in [-0.25, -0.2) is 8.42 Å². The number of anilines is 1. The average Bonchev–Trinajstić information content (AvgIpc) is 2.78. The van der Waals surface area contributed by atoms with Crippen LogP contribution in [-0.4, -0.2) is 33.5 Å². The van der Waals surface area contributed by atoms with Gasteiger partial charge in [0.15, 0.2) is 0 Å². The van der Waals surface area contributed by atoms with E-state index >= 15 is 0 Å². The lowest BCUT2D eigenvalue weighted by Gasteiger charge is -2.29. The molecule has 0 aromatic heterocycles. The number of ether oxygens (including phenoxy) is 1. The van der Waals surface area contributed by atoms with E-state index in [0.29, 0.717) is 17.9 Å². The van der Waals surface area contributed by atoms with Gasteiger partial charge in [-0.05, 0) is 50.1 Å². The predicted molar refractivity (Wildman–Crippen MR) is 126 cm³/mol. The number of nitrogens with zero attached hydrogens (tertiary/aromatic N) is 1. The van der Waals surface area contributed by atoms with Crippen LogP contribution in [0.5, 0.6) is 5.75 Å². The van der Waals surface area contributed by atoms with Crippen molar-refractivity contribution >= 4 is 21.6 Å². The number of methoxy groups -OCH3 is 1. The average molecular weight is 453 g/mol. The van der Waals surface area contributed by atoms with Gasteiger partial charge in [-0.1, -0.05) is 54.6 Å². The molecule has 32 heavy (non-hydrogen) atoms. The molecule has 7 heteroatoms. The third-order valence-electron chi connectivity index (χ3n) is 4.93. The highest BCUT2D eigenvalue weighted by Gasteiger charge is 2.29. The molecule has 0 aliphatic carbocycles. The van der Waals surface area contributed by atoms with Crippen molar-refractivity contribution in [1.29, 1.82) is 0 Å². The van der Waals surface area contributed by atoms with Gasteiger partial charge in [0.1, 0.15) is 12.3 Å². The second-order valence-corrected chi connectivity index (χ2v) is 9.98. The lowest BCUT2D eigenvalue weighted by Crippen LogP contribution is -2.50. The van der Waals surface area contributed by atoms with Crippen LogP contribution < -0.4 is 14.4 Å². The Balaban J connectivity index is 1.87. The Kier molecular flexibility index (Phi) is 7.20. The Labute approximate surface area is 189 Å². The third kappa shape index (κ3) is 5.88. The molecule has 0 saturated heterocycles. The fourth-order valence-electron chi connectivity index (χ4n) is 3.50. The maximum absolute atomic E-state index is 13.4. The SMILES string of the molecule is COc1cccc(N(CC(=O)NC(C)(C)Cc2ccccc2)S(=O)(=O)c2ccccc2)c1. The molecule has 0 radical (unpaired) electrons. The molecule has 0 aliphatic heterocycles. The van der Waals surface area contributed by atoms with Gasteiger partial charge in [-0.2, -0.15) is 0 Å². The zero-order valence-electron chi connectivity index (χ0n) is 18.5. The molecule has 0 bridgehead atoms. The maximum atomic E-state index is 13.4. The van der Waals surface area contributed by atoms with Gasteiger partial charge in [0.2, 0.25) is 5.91 Å². The number of sulfonamides is 1. The van der Waals surface area contributed by atoms with Crippen LogP contribution in [0.4, 0.5) is 5.69 Å². The smallest absolute Gasteiger partial charge is 0.264 e. The van der Waals surface area contributed by atoms with Gasteiger partial charge < -0.3 is 10.1 Å². The molecule has 0 atom stereocenters. The Hall–Kier alpha value is -3.32. The Bertz CT molecular complexity index is 1150. The quantitative estimate of drug-likeness (QED) is 0.532. The topological polar surface area (TPSA) is 75.7 Å². The molecular formula is C25H28N2O4S. The fourth-order valence-corrected chi connectivity index (χ4v) is 4.93. The van der Waals surface area contributed by atoms with Crippen LogP contribution in [0.25, 0.3) is 0 Å². The molecule has 1 amide bonds. The zero-order chi connectivity index (χ0) is 23.2. The van der Waals surface area contributed by atoms with E-state index in [1.807, 2.05) is 44.2 Å². The van der Waals surface area contributed by atoms with Gasteiger partial charge in [0.25, 0.3) is 10.0 Å². The van der Waals surface area contributed by atoms with Crippen LogP contribution in [0, 0.1) is 0 Å². The Morgan fingerprint density at radius 2 is 1.56 bits per heavy atom. The number of amides is 1. The van der Waals surface area contributed by atoms with Gasteiger partial charge >= 0.3 is 0 Å². The van der Waals surface area contributed by atoms with E-state index in [1.54, 1.807) is 42.5 Å². The molecule has 3 aromatic carbocycles. The summed E-state index contributed by atoms with van der Waals surface area (Å²) in [5.41, 5.74) is 0.873. The van der Waals surface area contributed by atoms with Gasteiger partial charge in [0, 0.05) is 11.6 Å². The standard InChI is InChI=1S/C25H28N2O4S/c1-25(2,18-20-11-6-4-7-12-20)26-24(28)19-27(21-13-10-14-22(17-21)31-3)32(29,30)23-15-8-5-9-16-23/h4-17H,18-19H2,1-3H3,(H,26,28). The molecule has 168 valence electrons. The van der Waals surface area contributed by atoms with Gasteiger partial charge in [-0.3, -0.25) is 9.10 Å². The van der Waals surface area contributed by atoms with E-state index in [4.69, 9.17) is 4.74 Å². The molecule has 6 nitrogen and oxygen atoms in total. The lowest BCUT2D eigenvalue weighted by molar-refractivity contribution is -0.121. The van der Waals surface area contributed by atoms with Crippen LogP contribution >= 0.6 is 0 Å². The Morgan fingerprint density at radius 3 is 2.19 bits per heavy atom. The highest BCUT2D eigenvalue weighted by atomic mass is 32.2. The fraction of sp³-hybridized carbons (Fsp3) is 0.240. The molecular weight excluding hydrogens is 424 g/mol. The summed E-state index contributed by atoms with van der Waals surface area (Å²) in [6.45, 7) is 3.47. The van der Waals surface area contributed by atoms with E-state index < -0.39 is 21.5 Å². The zero-order valence-corrected chi connectivity index (χ0v) is 19.3. The van der Waals surface area contributed by atoms with Crippen LogP contribution in [0.1, 0.15) is 19.4 Å². The van der Waals surface area contributed by atoms with Crippen molar-refractivity contribution in [2.75, 3.05) is 18.0 Å². The molecule has 0 unspecified atom stereocenters. The van der Waals surface area contributed by atoms with E-state index in [1.165, 1.54) is 19.2 Å². The first-order valence-corrected chi connectivity index (χ1v) is 11.7. The normalized spacial score (nSPS) is 11.6. The first kappa shape index (κ1) is 23.3. The summed E-state index contributed by atoms with van der Waals surface area (Å²) in [5.74, 6) is 0.105. The molecule has 0 heterocycles. The molecule has 0 aliphatic rings. The first-order chi connectivity index (χ1) is 15.2. The third-order valence-corrected chi connectivity index (χ3v) is 6.71. The molecule has 0 fully saturated rings. The summed E-state index contributed by atoms with van der Waals surface area (Å²) in [5, 5.41) is 2.98. The predicted octanol–water partition coefficient (Wildman–Crippen LogP) is 4.03. The van der Waals surface area contributed by atoms with Crippen molar-refractivity contribution in [2.45, 2.75) is 30.7 Å². The van der Waals surface area contributed by atoms with E-state index in [-0.39, 0.29) is 11.4 Å². The number of hydrogen-bond acceptors (Lipinski definition) is 4. The second kappa shape index (κ2) is 9.87. The highest BCUT2D eigenvalue weighted by Crippen LogP contribution is 2.27. The van der Waals surface area contributed by atoms with Crippen molar-refractivity contribution in [3.8, 4) is 5.75 Å². The summed E-state index contributed by atoms with van der Waals surface area (Å²) in [7, 11) is -2.46. The number of nitrogens with one attached hydrogen (secondary N) is 1. The highest BCUT2D eigenvalue weighted by molar-refractivity contribution is 7.92. The van der Waals surface area contributed by atoms with Crippen molar-refractivity contribution in [1.82, 2.24) is 5.32 Å². The van der Waals surface area contributed by atoms with Crippen LogP contribution in [0.15, 0.2) is 89.8 Å². The molecule has 1 N–H and O–H groups in total.